The van der Waals surface area contributed by atoms with E-state index in [9.17, 15) is 0 Å². The highest BCUT2D eigenvalue weighted by atomic mass is 16.5. The molecule has 0 amide bonds. The zero-order valence-corrected chi connectivity index (χ0v) is 11.4. The fourth-order valence-corrected chi connectivity index (χ4v) is 1.67. The van der Waals surface area contributed by atoms with Crippen LogP contribution in [0.15, 0.2) is 18.2 Å². The van der Waals surface area contributed by atoms with E-state index in [1.165, 1.54) is 0 Å². The van der Waals surface area contributed by atoms with Crippen LogP contribution in [0.5, 0.6) is 11.5 Å². The van der Waals surface area contributed by atoms with Crippen molar-refractivity contribution in [2.45, 2.75) is 25.8 Å². The minimum atomic E-state index is -0.178. The smallest absolute Gasteiger partial charge is 0.127 e. The van der Waals surface area contributed by atoms with E-state index in [0.29, 0.717) is 6.61 Å². The molecule has 1 rings (SSSR count). The molecule has 0 aliphatic carbocycles. The van der Waals surface area contributed by atoms with Crippen molar-refractivity contribution < 1.29 is 14.2 Å². The summed E-state index contributed by atoms with van der Waals surface area (Å²) in [6, 6.07) is 5.46. The molecule has 0 aliphatic rings. The Bertz CT molecular complexity index is 355. The van der Waals surface area contributed by atoms with Crippen LogP contribution in [0.1, 0.15) is 31.4 Å². The lowest BCUT2D eigenvalue weighted by atomic mass is 10.1. The predicted molar refractivity (Wildman–Crippen MR) is 72.2 cm³/mol. The summed E-state index contributed by atoms with van der Waals surface area (Å²) in [4.78, 5) is 0. The molecular weight excluding hydrogens is 230 g/mol. The van der Waals surface area contributed by atoms with Crippen LogP contribution < -0.4 is 15.2 Å². The first-order valence-electron chi connectivity index (χ1n) is 6.28. The summed E-state index contributed by atoms with van der Waals surface area (Å²) >= 11 is 0. The van der Waals surface area contributed by atoms with E-state index in [2.05, 4.69) is 6.92 Å². The summed E-state index contributed by atoms with van der Waals surface area (Å²) in [7, 11) is 3.26. The molecule has 0 saturated heterocycles. The second-order valence-corrected chi connectivity index (χ2v) is 4.14. The molecule has 2 N–H and O–H groups in total. The van der Waals surface area contributed by atoms with Crippen molar-refractivity contribution in [2.24, 2.45) is 5.73 Å². The van der Waals surface area contributed by atoms with Crippen molar-refractivity contribution in [3.8, 4) is 11.5 Å². The van der Waals surface area contributed by atoms with Gasteiger partial charge >= 0.3 is 0 Å². The van der Waals surface area contributed by atoms with Gasteiger partial charge in [0.05, 0.1) is 26.9 Å². The van der Waals surface area contributed by atoms with Crippen LogP contribution in [0, 0.1) is 0 Å². The van der Waals surface area contributed by atoms with Crippen LogP contribution in [-0.2, 0) is 4.74 Å². The Kier molecular flexibility index (Phi) is 6.54. The summed E-state index contributed by atoms with van der Waals surface area (Å²) in [6.07, 6.45) is 2.19. The maximum Gasteiger partial charge on any atom is 0.127 e. The van der Waals surface area contributed by atoms with Crippen LogP contribution in [0.25, 0.3) is 0 Å². The fraction of sp³-hybridized carbons (Fsp3) is 0.571. The van der Waals surface area contributed by atoms with Crippen LogP contribution in [0.3, 0.4) is 0 Å². The van der Waals surface area contributed by atoms with E-state index in [1.807, 2.05) is 18.2 Å². The Morgan fingerprint density at radius 2 is 2.00 bits per heavy atom. The zero-order chi connectivity index (χ0) is 13.4. The molecule has 18 heavy (non-hydrogen) atoms. The molecular formula is C14H23NO3. The van der Waals surface area contributed by atoms with E-state index in [0.717, 1.165) is 36.5 Å². The van der Waals surface area contributed by atoms with Gasteiger partial charge in [-0.25, -0.2) is 0 Å². The molecule has 1 atom stereocenters. The summed E-state index contributed by atoms with van der Waals surface area (Å²) in [5.41, 5.74) is 7.04. The van der Waals surface area contributed by atoms with Gasteiger partial charge in [0.1, 0.15) is 11.5 Å². The van der Waals surface area contributed by atoms with Crippen molar-refractivity contribution >= 4 is 0 Å². The molecule has 1 aromatic rings. The normalized spacial score (nSPS) is 12.2. The molecule has 0 aliphatic heterocycles. The van der Waals surface area contributed by atoms with Crippen LogP contribution in [-0.4, -0.2) is 27.4 Å². The Labute approximate surface area is 109 Å². The molecule has 0 bridgehead atoms. The molecule has 0 radical (unpaired) electrons. The first-order chi connectivity index (χ1) is 8.72. The molecule has 0 spiro atoms. The number of benzene rings is 1. The largest absolute Gasteiger partial charge is 0.497 e. The minimum absolute atomic E-state index is 0.178. The molecule has 1 unspecified atom stereocenters. The monoisotopic (exact) mass is 253 g/mol. The van der Waals surface area contributed by atoms with E-state index in [1.54, 1.807) is 14.2 Å². The van der Waals surface area contributed by atoms with Crippen molar-refractivity contribution in [1.29, 1.82) is 0 Å². The van der Waals surface area contributed by atoms with E-state index >= 15 is 0 Å². The predicted octanol–water partition coefficient (Wildman–Crippen LogP) is 2.52. The van der Waals surface area contributed by atoms with Gasteiger partial charge in [-0.05, 0) is 18.6 Å². The van der Waals surface area contributed by atoms with E-state index in [4.69, 9.17) is 19.9 Å². The number of hydrogen-bond acceptors (Lipinski definition) is 4. The number of unbranched alkanes of at least 4 members (excludes halogenated alkanes) is 1. The van der Waals surface area contributed by atoms with Gasteiger partial charge in [-0.2, -0.15) is 0 Å². The highest BCUT2D eigenvalue weighted by molar-refractivity contribution is 5.42. The second kappa shape index (κ2) is 7.95. The number of methoxy groups -OCH3 is 2. The Morgan fingerprint density at radius 3 is 2.61 bits per heavy atom. The highest BCUT2D eigenvalue weighted by Crippen LogP contribution is 2.28. The first-order valence-corrected chi connectivity index (χ1v) is 6.28. The summed E-state index contributed by atoms with van der Waals surface area (Å²) in [5.74, 6) is 1.50. The lowest BCUT2D eigenvalue weighted by molar-refractivity contribution is 0.117. The standard InChI is InChI=1S/C14H23NO3/c1-4-5-8-18-10-13(15)12-7-6-11(16-2)9-14(12)17-3/h6-7,9,13H,4-5,8,10,15H2,1-3H3. The third-order valence-corrected chi connectivity index (χ3v) is 2.78. The van der Waals surface area contributed by atoms with Crippen molar-refractivity contribution in [1.82, 2.24) is 0 Å². The fourth-order valence-electron chi connectivity index (χ4n) is 1.67. The molecule has 4 heteroatoms. The average Bonchev–Trinajstić information content (AvgIpc) is 2.42. The van der Waals surface area contributed by atoms with Crippen molar-refractivity contribution in [3.05, 3.63) is 23.8 Å². The zero-order valence-electron chi connectivity index (χ0n) is 11.4. The number of nitrogens with two attached hydrogens (primary N) is 1. The number of rotatable bonds is 8. The second-order valence-electron chi connectivity index (χ2n) is 4.14. The van der Waals surface area contributed by atoms with E-state index < -0.39 is 0 Å². The molecule has 0 aromatic heterocycles. The van der Waals surface area contributed by atoms with Gasteiger partial charge in [0.15, 0.2) is 0 Å². The van der Waals surface area contributed by atoms with Gasteiger partial charge in [0, 0.05) is 18.2 Å². The average molecular weight is 253 g/mol. The van der Waals surface area contributed by atoms with Gasteiger partial charge in [-0.1, -0.05) is 13.3 Å². The van der Waals surface area contributed by atoms with Gasteiger partial charge in [-0.15, -0.1) is 0 Å². The first kappa shape index (κ1) is 14.8. The molecule has 0 fully saturated rings. The van der Waals surface area contributed by atoms with Crippen LogP contribution in [0.2, 0.25) is 0 Å². The minimum Gasteiger partial charge on any atom is -0.497 e. The lowest BCUT2D eigenvalue weighted by Crippen LogP contribution is -2.18. The third-order valence-electron chi connectivity index (χ3n) is 2.78. The highest BCUT2D eigenvalue weighted by Gasteiger charge is 2.13. The molecule has 4 nitrogen and oxygen atoms in total. The maximum absolute atomic E-state index is 6.10. The Hall–Kier alpha value is -1.26. The Balaban J connectivity index is 2.63. The molecule has 102 valence electrons. The quantitative estimate of drug-likeness (QED) is 0.723. The van der Waals surface area contributed by atoms with Gasteiger partial charge in [0.25, 0.3) is 0 Å². The topological polar surface area (TPSA) is 53.7 Å². The van der Waals surface area contributed by atoms with Gasteiger partial charge < -0.3 is 19.9 Å². The number of ether oxygens (including phenoxy) is 3. The lowest BCUT2D eigenvalue weighted by Gasteiger charge is -2.16. The SMILES string of the molecule is CCCCOCC(N)c1ccc(OC)cc1OC. The Morgan fingerprint density at radius 1 is 1.22 bits per heavy atom. The van der Waals surface area contributed by atoms with Gasteiger partial charge in [0.2, 0.25) is 0 Å². The number of hydrogen-bond donors (Lipinski definition) is 1. The third kappa shape index (κ3) is 4.20. The maximum atomic E-state index is 6.10. The summed E-state index contributed by atoms with van der Waals surface area (Å²) < 4.78 is 16.0. The van der Waals surface area contributed by atoms with Gasteiger partial charge in [-0.3, -0.25) is 0 Å². The van der Waals surface area contributed by atoms with E-state index in [-0.39, 0.29) is 6.04 Å². The van der Waals surface area contributed by atoms with Crippen molar-refractivity contribution in [2.75, 3.05) is 27.4 Å². The van der Waals surface area contributed by atoms with Crippen molar-refractivity contribution in [3.63, 3.8) is 0 Å². The molecule has 0 saturated carbocycles. The van der Waals surface area contributed by atoms with Crippen LogP contribution in [0.4, 0.5) is 0 Å². The molecule has 0 heterocycles. The van der Waals surface area contributed by atoms with Crippen LogP contribution >= 0.6 is 0 Å². The molecule has 1 aromatic carbocycles. The summed E-state index contributed by atoms with van der Waals surface area (Å²) in [6.45, 7) is 3.39. The summed E-state index contributed by atoms with van der Waals surface area (Å²) in [5, 5.41) is 0.